The van der Waals surface area contributed by atoms with Gasteiger partial charge in [-0.2, -0.15) is 0 Å². The molecule has 0 aromatic heterocycles. The van der Waals surface area contributed by atoms with Crippen LogP contribution in [0.25, 0.3) is 0 Å². The zero-order chi connectivity index (χ0) is 25.2. The van der Waals surface area contributed by atoms with Crippen molar-refractivity contribution >= 4 is 11.7 Å². The second-order valence-electron chi connectivity index (χ2n) is 10.7. The molecule has 0 unspecified atom stereocenters. The Hall–Kier alpha value is -2.49. The summed E-state index contributed by atoms with van der Waals surface area (Å²) in [6.45, 7) is 11.7. The highest BCUT2D eigenvalue weighted by molar-refractivity contribution is 5.91. The van der Waals surface area contributed by atoms with Crippen LogP contribution in [0.5, 0.6) is 5.75 Å². The maximum absolute atomic E-state index is 12.9. The van der Waals surface area contributed by atoms with Crippen LogP contribution in [0.15, 0.2) is 42.5 Å². The second-order valence-corrected chi connectivity index (χ2v) is 10.7. The number of ether oxygens (including phenoxy) is 1. The highest BCUT2D eigenvalue weighted by Gasteiger charge is 2.24. The minimum absolute atomic E-state index is 0.0797. The van der Waals surface area contributed by atoms with Crippen molar-refractivity contribution in [2.45, 2.75) is 110 Å². The number of rotatable bonds is 11. The van der Waals surface area contributed by atoms with E-state index in [0.29, 0.717) is 17.8 Å². The van der Waals surface area contributed by atoms with Crippen LogP contribution in [0.2, 0.25) is 0 Å². The number of hydrogen-bond acceptors (Lipinski definition) is 2. The molecule has 1 fully saturated rings. The van der Waals surface area contributed by atoms with E-state index in [1.165, 1.54) is 36.0 Å². The number of carbonyl (C=O) groups excluding carboxylic acids is 1. The summed E-state index contributed by atoms with van der Waals surface area (Å²) in [6, 6.07) is 15.2. The first-order chi connectivity index (χ1) is 16.9. The Morgan fingerprint density at radius 1 is 0.886 bits per heavy atom. The quantitative estimate of drug-likeness (QED) is 0.317. The van der Waals surface area contributed by atoms with Crippen LogP contribution in [-0.4, -0.2) is 18.7 Å². The lowest BCUT2D eigenvalue weighted by molar-refractivity contribution is 0.242. The molecule has 192 valence electrons. The van der Waals surface area contributed by atoms with Crippen molar-refractivity contribution < 1.29 is 9.53 Å². The highest BCUT2D eigenvalue weighted by atomic mass is 16.5. The zero-order valence-corrected chi connectivity index (χ0v) is 22.5. The summed E-state index contributed by atoms with van der Waals surface area (Å²) in [5, 5.41) is 6.45. The van der Waals surface area contributed by atoms with Gasteiger partial charge in [0.15, 0.2) is 0 Å². The monoisotopic (exact) mass is 478 g/mol. The number of benzene rings is 2. The van der Waals surface area contributed by atoms with E-state index in [-0.39, 0.29) is 12.1 Å². The minimum atomic E-state index is -0.0797. The van der Waals surface area contributed by atoms with Crippen LogP contribution >= 0.6 is 0 Å². The second kappa shape index (κ2) is 13.6. The van der Waals surface area contributed by atoms with Gasteiger partial charge in [0.25, 0.3) is 0 Å². The summed E-state index contributed by atoms with van der Waals surface area (Å²) in [6.07, 6.45) is 9.13. The highest BCUT2D eigenvalue weighted by Crippen LogP contribution is 2.35. The predicted octanol–water partition coefficient (Wildman–Crippen LogP) is 8.74. The van der Waals surface area contributed by atoms with E-state index in [1.54, 1.807) is 0 Å². The maximum atomic E-state index is 12.9. The average Bonchev–Trinajstić information content (AvgIpc) is 2.84. The van der Waals surface area contributed by atoms with Gasteiger partial charge in [0, 0.05) is 11.7 Å². The lowest BCUT2D eigenvalue weighted by Crippen LogP contribution is -2.40. The fourth-order valence-corrected chi connectivity index (χ4v) is 5.16. The molecule has 2 aromatic rings. The normalized spacial score (nSPS) is 18.0. The molecule has 0 bridgehead atoms. The van der Waals surface area contributed by atoms with Crippen molar-refractivity contribution in [1.29, 1.82) is 0 Å². The van der Waals surface area contributed by atoms with Crippen molar-refractivity contribution in [2.24, 2.45) is 0 Å². The van der Waals surface area contributed by atoms with Crippen molar-refractivity contribution in [3.63, 3.8) is 0 Å². The molecule has 2 amide bonds. The van der Waals surface area contributed by atoms with Gasteiger partial charge in [-0.25, -0.2) is 4.79 Å². The summed E-state index contributed by atoms with van der Waals surface area (Å²) in [5.74, 6) is 2.25. The average molecular weight is 479 g/mol. The van der Waals surface area contributed by atoms with Gasteiger partial charge in [-0.05, 0) is 78.7 Å². The van der Waals surface area contributed by atoms with Gasteiger partial charge in [-0.15, -0.1) is 0 Å². The van der Waals surface area contributed by atoms with E-state index in [1.807, 2.05) is 0 Å². The van der Waals surface area contributed by atoms with Crippen molar-refractivity contribution in [3.05, 3.63) is 59.2 Å². The van der Waals surface area contributed by atoms with Gasteiger partial charge in [-0.1, -0.05) is 84.2 Å². The maximum Gasteiger partial charge on any atom is 0.319 e. The number of carbonyl (C=O) groups is 1. The molecule has 1 saturated carbocycles. The lowest BCUT2D eigenvalue weighted by atomic mass is 9.82. The summed E-state index contributed by atoms with van der Waals surface area (Å²) >= 11 is 0. The van der Waals surface area contributed by atoms with Crippen LogP contribution in [0.1, 0.15) is 120 Å². The van der Waals surface area contributed by atoms with E-state index in [4.69, 9.17) is 4.74 Å². The molecule has 0 saturated heterocycles. The van der Waals surface area contributed by atoms with Crippen molar-refractivity contribution in [1.82, 2.24) is 5.32 Å². The molecule has 35 heavy (non-hydrogen) atoms. The number of amides is 2. The predicted molar refractivity (Wildman–Crippen MR) is 148 cm³/mol. The number of unbranched alkanes of at least 4 members (excludes halogenated alkanes) is 3. The molecule has 1 aliphatic carbocycles. The fraction of sp³-hybridized carbons (Fsp3) is 0.581. The number of urea groups is 1. The van der Waals surface area contributed by atoms with E-state index in [2.05, 4.69) is 87.7 Å². The molecular weight excluding hydrogens is 432 g/mol. The molecule has 2 N–H and O–H groups in total. The van der Waals surface area contributed by atoms with Crippen LogP contribution in [0.3, 0.4) is 0 Å². The van der Waals surface area contributed by atoms with Crippen LogP contribution < -0.4 is 15.4 Å². The van der Waals surface area contributed by atoms with Crippen LogP contribution in [0, 0.1) is 0 Å². The van der Waals surface area contributed by atoms with E-state index < -0.39 is 0 Å². The Balaban J connectivity index is 1.48. The first-order valence-corrected chi connectivity index (χ1v) is 13.8. The molecular formula is C31H46N2O2. The van der Waals surface area contributed by atoms with E-state index in [9.17, 15) is 4.79 Å². The molecule has 0 spiro atoms. The Labute approximate surface area is 213 Å². The minimum Gasteiger partial charge on any atom is -0.494 e. The summed E-state index contributed by atoms with van der Waals surface area (Å²) < 4.78 is 5.90. The molecule has 0 heterocycles. The third-order valence-electron chi connectivity index (χ3n) is 7.29. The number of nitrogens with one attached hydrogen (secondary N) is 2. The molecule has 0 atom stereocenters. The van der Waals surface area contributed by atoms with Gasteiger partial charge >= 0.3 is 6.03 Å². The largest absolute Gasteiger partial charge is 0.494 e. The van der Waals surface area contributed by atoms with Crippen molar-refractivity contribution in [2.75, 3.05) is 11.9 Å². The van der Waals surface area contributed by atoms with Gasteiger partial charge in [0.05, 0.1) is 6.61 Å². The standard InChI is InChI=1S/C31H46N2O2/c1-6-7-8-9-21-35-27-19-15-25(16-20-27)24-13-17-26(18-14-24)32-31(34)33-30-28(22(2)3)11-10-12-29(30)23(4)5/h10-12,15-16,19-20,22-24,26H,6-9,13-14,17-18,21H2,1-5H3,(H2,32,33,34). The Morgan fingerprint density at radius 3 is 2.09 bits per heavy atom. The Bertz CT molecular complexity index is 886. The van der Waals surface area contributed by atoms with E-state index >= 15 is 0 Å². The molecule has 4 heteroatoms. The Morgan fingerprint density at radius 2 is 1.51 bits per heavy atom. The number of para-hydroxylation sites is 1. The topological polar surface area (TPSA) is 50.4 Å². The first kappa shape index (κ1) is 27.1. The molecule has 4 nitrogen and oxygen atoms in total. The van der Waals surface area contributed by atoms with Crippen LogP contribution in [0.4, 0.5) is 10.5 Å². The summed E-state index contributed by atoms with van der Waals surface area (Å²) in [5.41, 5.74) is 4.77. The van der Waals surface area contributed by atoms with Crippen LogP contribution in [-0.2, 0) is 0 Å². The van der Waals surface area contributed by atoms with Gasteiger partial charge in [0.2, 0.25) is 0 Å². The summed E-state index contributed by atoms with van der Waals surface area (Å²) in [4.78, 5) is 12.9. The third kappa shape index (κ3) is 8.02. The SMILES string of the molecule is CCCCCCOc1ccc(C2CCC(NC(=O)Nc3c(C(C)C)cccc3C(C)C)CC2)cc1. The first-order valence-electron chi connectivity index (χ1n) is 13.8. The Kier molecular flexibility index (Phi) is 10.5. The van der Waals surface area contributed by atoms with Gasteiger partial charge in [-0.3, -0.25) is 0 Å². The molecule has 2 aromatic carbocycles. The molecule has 1 aliphatic rings. The fourth-order valence-electron chi connectivity index (χ4n) is 5.16. The van der Waals surface area contributed by atoms with Crippen molar-refractivity contribution in [3.8, 4) is 5.75 Å². The zero-order valence-electron chi connectivity index (χ0n) is 22.5. The molecule has 0 aliphatic heterocycles. The summed E-state index contributed by atoms with van der Waals surface area (Å²) in [7, 11) is 0. The van der Waals surface area contributed by atoms with Gasteiger partial charge in [0.1, 0.15) is 5.75 Å². The molecule has 0 radical (unpaired) electrons. The molecule has 3 rings (SSSR count). The third-order valence-corrected chi connectivity index (χ3v) is 7.29. The lowest BCUT2D eigenvalue weighted by Gasteiger charge is -2.30. The number of hydrogen-bond donors (Lipinski definition) is 2. The van der Waals surface area contributed by atoms with Gasteiger partial charge < -0.3 is 15.4 Å². The smallest absolute Gasteiger partial charge is 0.319 e. The number of anilines is 1. The van der Waals surface area contributed by atoms with E-state index in [0.717, 1.165) is 50.1 Å².